The summed E-state index contributed by atoms with van der Waals surface area (Å²) in [7, 11) is 0. The average Bonchev–Trinajstić information content (AvgIpc) is 2.31. The summed E-state index contributed by atoms with van der Waals surface area (Å²) in [5.74, 6) is 0.387. The van der Waals surface area contributed by atoms with Crippen molar-refractivity contribution >= 4 is 12.2 Å². The maximum absolute atomic E-state index is 10.7. The largest absolute Gasteiger partial charge is 0.379 e. The number of rotatable bonds is 5. The van der Waals surface area contributed by atoms with Gasteiger partial charge in [0.25, 0.3) is 0 Å². The first-order chi connectivity index (χ1) is 7.27. The van der Waals surface area contributed by atoms with Crippen LogP contribution in [0.25, 0.3) is 0 Å². The normalized spacial score (nSPS) is 17.4. The minimum atomic E-state index is 0.387. The summed E-state index contributed by atoms with van der Waals surface area (Å²) >= 11 is 0. The lowest BCUT2D eigenvalue weighted by atomic mass is 10.3. The minimum Gasteiger partial charge on any atom is -0.379 e. The molecule has 0 aromatic heterocycles. The molecule has 1 saturated heterocycles. The van der Waals surface area contributed by atoms with Crippen LogP contribution in [0.1, 0.15) is 13.3 Å². The smallest absolute Gasteiger partial charge is 0.215 e. The fraction of sp³-hybridized carbons (Fsp3) is 0.800. The molecule has 15 heavy (non-hydrogen) atoms. The van der Waals surface area contributed by atoms with Gasteiger partial charge in [0.05, 0.1) is 13.2 Å². The van der Waals surface area contributed by atoms with Gasteiger partial charge in [-0.15, -0.1) is 0 Å². The maximum Gasteiger partial charge on any atom is 0.215 e. The Morgan fingerprint density at radius 3 is 2.73 bits per heavy atom. The zero-order chi connectivity index (χ0) is 11.1. The van der Waals surface area contributed by atoms with E-state index < -0.39 is 0 Å². The van der Waals surface area contributed by atoms with Gasteiger partial charge in [0.2, 0.25) is 6.41 Å². The molecule has 1 aliphatic heterocycles. The van der Waals surface area contributed by atoms with Gasteiger partial charge in [-0.1, -0.05) is 6.92 Å². The monoisotopic (exact) mass is 213 g/mol. The van der Waals surface area contributed by atoms with Crippen molar-refractivity contribution in [2.75, 3.05) is 39.4 Å². The van der Waals surface area contributed by atoms with Crippen molar-refractivity contribution in [2.45, 2.75) is 13.3 Å². The second-order valence-electron chi connectivity index (χ2n) is 3.55. The molecule has 5 nitrogen and oxygen atoms in total. The molecule has 0 bridgehead atoms. The van der Waals surface area contributed by atoms with Crippen molar-refractivity contribution in [3.8, 4) is 0 Å². The summed E-state index contributed by atoms with van der Waals surface area (Å²) < 4.78 is 5.23. The number of carbonyl (C=O) groups excluding carboxylic acids is 1. The molecule has 1 fully saturated rings. The summed E-state index contributed by atoms with van der Waals surface area (Å²) in [6, 6.07) is 0. The second-order valence-corrected chi connectivity index (χ2v) is 3.55. The molecule has 0 radical (unpaired) electrons. The number of nitrogens with zero attached hydrogens (tertiary/aromatic N) is 2. The van der Waals surface area contributed by atoms with E-state index in [2.05, 4.69) is 4.90 Å². The van der Waals surface area contributed by atoms with Crippen molar-refractivity contribution < 1.29 is 9.53 Å². The van der Waals surface area contributed by atoms with Gasteiger partial charge in [-0.2, -0.15) is 0 Å². The van der Waals surface area contributed by atoms with Crippen LogP contribution < -0.4 is 0 Å². The molecule has 0 unspecified atom stereocenters. The molecule has 1 amide bonds. The molecule has 0 atom stereocenters. The molecule has 0 aromatic rings. The molecular weight excluding hydrogens is 194 g/mol. The van der Waals surface area contributed by atoms with Gasteiger partial charge in [0.15, 0.2) is 0 Å². The lowest BCUT2D eigenvalue weighted by Gasteiger charge is -2.28. The molecule has 5 heteroatoms. The topological polar surface area (TPSA) is 56.6 Å². The van der Waals surface area contributed by atoms with Crippen LogP contribution in [0.3, 0.4) is 0 Å². The van der Waals surface area contributed by atoms with Gasteiger partial charge in [0.1, 0.15) is 5.84 Å². The van der Waals surface area contributed by atoms with Crippen LogP contribution in [0.5, 0.6) is 0 Å². The maximum atomic E-state index is 10.7. The zero-order valence-electron chi connectivity index (χ0n) is 9.24. The third kappa shape index (κ3) is 3.97. The van der Waals surface area contributed by atoms with Crippen molar-refractivity contribution in [1.82, 2.24) is 9.80 Å². The molecule has 0 saturated carbocycles. The lowest BCUT2D eigenvalue weighted by molar-refractivity contribution is -0.115. The molecule has 0 aliphatic carbocycles. The van der Waals surface area contributed by atoms with Gasteiger partial charge in [-0.05, 0) is 0 Å². The molecule has 0 spiro atoms. The van der Waals surface area contributed by atoms with Crippen molar-refractivity contribution in [1.29, 1.82) is 5.41 Å². The highest BCUT2D eigenvalue weighted by Gasteiger charge is 2.12. The van der Waals surface area contributed by atoms with Gasteiger partial charge in [-0.3, -0.25) is 15.1 Å². The Hall–Kier alpha value is -0.940. The highest BCUT2D eigenvalue weighted by molar-refractivity contribution is 5.87. The van der Waals surface area contributed by atoms with Gasteiger partial charge in [0, 0.05) is 32.6 Å². The predicted octanol–water partition coefficient (Wildman–Crippen LogP) is 0.164. The highest BCUT2D eigenvalue weighted by atomic mass is 16.5. The fourth-order valence-electron chi connectivity index (χ4n) is 1.53. The Morgan fingerprint density at radius 2 is 2.20 bits per heavy atom. The molecule has 86 valence electrons. The number of nitrogens with one attached hydrogen (secondary N) is 1. The molecule has 1 N–H and O–H groups in total. The van der Waals surface area contributed by atoms with E-state index in [1.54, 1.807) is 0 Å². The first kappa shape index (κ1) is 12.1. The van der Waals surface area contributed by atoms with Crippen LogP contribution in [-0.4, -0.2) is 61.4 Å². The van der Waals surface area contributed by atoms with Crippen LogP contribution in [0.2, 0.25) is 0 Å². The number of hydrogen-bond acceptors (Lipinski definition) is 4. The number of amidine groups is 1. The number of ether oxygens (including phenoxy) is 1. The molecule has 1 aliphatic rings. The van der Waals surface area contributed by atoms with E-state index in [1.165, 1.54) is 4.90 Å². The number of amides is 1. The molecule has 1 heterocycles. The summed E-state index contributed by atoms with van der Waals surface area (Å²) in [5, 5.41) is 7.56. The quantitative estimate of drug-likeness (QED) is 0.402. The summed E-state index contributed by atoms with van der Waals surface area (Å²) in [5.41, 5.74) is 0. The van der Waals surface area contributed by atoms with E-state index in [-0.39, 0.29) is 0 Å². The Labute approximate surface area is 90.5 Å². The number of carbonyl (C=O) groups is 1. The van der Waals surface area contributed by atoms with E-state index in [0.717, 1.165) is 39.3 Å². The van der Waals surface area contributed by atoms with Crippen molar-refractivity contribution in [3.63, 3.8) is 0 Å². The van der Waals surface area contributed by atoms with E-state index >= 15 is 0 Å². The molecule has 1 rings (SSSR count). The van der Waals surface area contributed by atoms with E-state index in [1.807, 2.05) is 6.92 Å². The Balaban J connectivity index is 2.26. The van der Waals surface area contributed by atoms with Crippen molar-refractivity contribution in [3.05, 3.63) is 0 Å². The van der Waals surface area contributed by atoms with Crippen molar-refractivity contribution in [2.24, 2.45) is 0 Å². The summed E-state index contributed by atoms with van der Waals surface area (Å²) in [4.78, 5) is 14.4. The standard InChI is InChI=1S/C10H19N3O2/c1-2-10(11)13(9-14)4-3-12-5-7-15-8-6-12/h9,11H,2-8H2,1H3. The number of hydrogen-bond donors (Lipinski definition) is 1. The number of morpholine rings is 1. The summed E-state index contributed by atoms with van der Waals surface area (Å²) in [6.07, 6.45) is 1.34. The first-order valence-corrected chi connectivity index (χ1v) is 5.37. The first-order valence-electron chi connectivity index (χ1n) is 5.37. The SMILES string of the molecule is CCC(=N)N(C=O)CCN1CCOCC1. The lowest BCUT2D eigenvalue weighted by Crippen LogP contribution is -2.42. The Morgan fingerprint density at radius 1 is 1.53 bits per heavy atom. The highest BCUT2D eigenvalue weighted by Crippen LogP contribution is 1.98. The van der Waals surface area contributed by atoms with Crippen LogP contribution in [0.4, 0.5) is 0 Å². The van der Waals surface area contributed by atoms with Crippen LogP contribution in [0.15, 0.2) is 0 Å². The van der Waals surface area contributed by atoms with Gasteiger partial charge < -0.3 is 9.64 Å². The third-order valence-corrected chi connectivity index (χ3v) is 2.57. The van der Waals surface area contributed by atoms with Crippen LogP contribution in [0, 0.1) is 5.41 Å². The van der Waals surface area contributed by atoms with Gasteiger partial charge in [-0.25, -0.2) is 0 Å². The Kier molecular flexibility index (Phi) is 5.28. The fourth-order valence-corrected chi connectivity index (χ4v) is 1.53. The van der Waals surface area contributed by atoms with E-state index in [0.29, 0.717) is 18.8 Å². The average molecular weight is 213 g/mol. The predicted molar refractivity (Wildman–Crippen MR) is 58.0 cm³/mol. The van der Waals surface area contributed by atoms with E-state index in [4.69, 9.17) is 10.1 Å². The second kappa shape index (κ2) is 6.53. The zero-order valence-corrected chi connectivity index (χ0v) is 9.24. The van der Waals surface area contributed by atoms with Crippen LogP contribution in [-0.2, 0) is 9.53 Å². The van der Waals surface area contributed by atoms with E-state index in [9.17, 15) is 4.79 Å². The molecular formula is C10H19N3O2. The van der Waals surface area contributed by atoms with Crippen LogP contribution >= 0.6 is 0 Å². The van der Waals surface area contributed by atoms with Gasteiger partial charge >= 0.3 is 0 Å². The third-order valence-electron chi connectivity index (χ3n) is 2.57. The summed E-state index contributed by atoms with van der Waals surface area (Å²) in [6.45, 7) is 6.70. The molecule has 0 aromatic carbocycles. The Bertz CT molecular complexity index is 215. The minimum absolute atomic E-state index is 0.387.